The molecule has 0 saturated carbocycles. The van der Waals surface area contributed by atoms with Crippen molar-refractivity contribution in [2.45, 2.75) is 107 Å². The fourth-order valence-electron chi connectivity index (χ4n) is 5.59. The molecule has 1 fully saturated rings. The molecule has 0 radical (unpaired) electrons. The van der Waals surface area contributed by atoms with E-state index in [2.05, 4.69) is 37.8 Å². The van der Waals surface area contributed by atoms with Gasteiger partial charge in [0.25, 0.3) is 0 Å². The van der Waals surface area contributed by atoms with E-state index in [0.717, 1.165) is 51.4 Å². The lowest BCUT2D eigenvalue weighted by Crippen LogP contribution is -2.45. The number of cyclic esters (lactones) is 1. The number of hydrogen-bond donors (Lipinski definition) is 2. The third-order valence-corrected chi connectivity index (χ3v) is 7.65. The molecule has 8 atom stereocenters. The van der Waals surface area contributed by atoms with E-state index in [1.165, 1.54) is 11.6 Å². The summed E-state index contributed by atoms with van der Waals surface area (Å²) in [7, 11) is 0. The average molecular weight is 498 g/mol. The van der Waals surface area contributed by atoms with Gasteiger partial charge < -0.3 is 19.3 Å². The van der Waals surface area contributed by atoms with E-state index in [1.54, 1.807) is 12.2 Å². The van der Waals surface area contributed by atoms with Gasteiger partial charge in [0.1, 0.15) is 17.9 Å². The standard InChI is InChI=1S/C30H43NO5/c1-21-12-15-26-28(34-26)20-27(25(32)14-13-23-8-4-3-5-9-23)35-29(33)11-7-17-30(31)16-6-10-24(36-30)19-22(2)18-21/h3-4,6-7,11,13-14,16,22-28,32H,1,5,8-10,12,15,17-20,31H2,2H3/b11-7-,14-13+. The molecule has 0 aromatic heterocycles. The van der Waals surface area contributed by atoms with Crippen molar-refractivity contribution in [1.82, 2.24) is 0 Å². The quantitative estimate of drug-likeness (QED) is 0.322. The zero-order valence-corrected chi connectivity index (χ0v) is 21.6. The van der Waals surface area contributed by atoms with Crippen molar-refractivity contribution in [3.8, 4) is 0 Å². The Morgan fingerprint density at radius 3 is 2.83 bits per heavy atom. The van der Waals surface area contributed by atoms with Crippen molar-refractivity contribution in [2.24, 2.45) is 17.6 Å². The van der Waals surface area contributed by atoms with Crippen LogP contribution in [-0.2, 0) is 19.0 Å². The zero-order valence-electron chi connectivity index (χ0n) is 21.6. The Kier molecular flexibility index (Phi) is 9.40. The first kappa shape index (κ1) is 27.1. The number of aliphatic hydroxyl groups is 1. The number of rotatable bonds is 3. The first-order valence-corrected chi connectivity index (χ1v) is 13.6. The third kappa shape index (κ3) is 8.27. The Balaban J connectivity index is 1.44. The van der Waals surface area contributed by atoms with Gasteiger partial charge in [0.2, 0.25) is 0 Å². The van der Waals surface area contributed by atoms with Gasteiger partial charge in [0, 0.05) is 18.9 Å². The maximum Gasteiger partial charge on any atom is 0.330 e. The van der Waals surface area contributed by atoms with Crippen LogP contribution in [0.4, 0.5) is 0 Å². The molecule has 0 spiro atoms. The van der Waals surface area contributed by atoms with Crippen LogP contribution in [0, 0.1) is 11.8 Å². The summed E-state index contributed by atoms with van der Waals surface area (Å²) in [6, 6.07) is 0. The van der Waals surface area contributed by atoms with Crippen LogP contribution < -0.4 is 5.73 Å². The van der Waals surface area contributed by atoms with Crippen LogP contribution in [0.15, 0.2) is 60.8 Å². The van der Waals surface area contributed by atoms with Gasteiger partial charge in [-0.25, -0.2) is 4.79 Å². The number of esters is 1. The number of nitrogens with two attached hydrogens (primary N) is 1. The minimum Gasteiger partial charge on any atom is -0.456 e. The molecule has 3 N–H and O–H groups in total. The lowest BCUT2D eigenvalue weighted by molar-refractivity contribution is -0.148. The number of ether oxygens (including phenoxy) is 3. The summed E-state index contributed by atoms with van der Waals surface area (Å²) in [5.74, 6) is 0.365. The highest BCUT2D eigenvalue weighted by Gasteiger charge is 2.42. The molecule has 2 bridgehead atoms. The number of carbonyl (C=O) groups is 1. The van der Waals surface area contributed by atoms with Gasteiger partial charge in [0.05, 0.1) is 18.3 Å². The van der Waals surface area contributed by atoms with E-state index in [4.69, 9.17) is 19.9 Å². The fraction of sp³-hybridized carbons (Fsp3) is 0.633. The van der Waals surface area contributed by atoms with Crippen LogP contribution in [0.25, 0.3) is 0 Å². The van der Waals surface area contributed by atoms with Crippen molar-refractivity contribution < 1.29 is 24.1 Å². The van der Waals surface area contributed by atoms with Crippen LogP contribution in [-0.4, -0.2) is 47.3 Å². The number of allylic oxidation sites excluding steroid dienone is 4. The predicted molar refractivity (Wildman–Crippen MR) is 141 cm³/mol. The molecular weight excluding hydrogens is 454 g/mol. The Morgan fingerprint density at radius 1 is 1.17 bits per heavy atom. The number of aliphatic hydroxyl groups excluding tert-OH is 1. The van der Waals surface area contributed by atoms with Crippen molar-refractivity contribution in [3.05, 3.63) is 60.8 Å². The molecule has 36 heavy (non-hydrogen) atoms. The molecule has 3 heterocycles. The summed E-state index contributed by atoms with van der Waals surface area (Å²) < 4.78 is 17.8. The molecule has 0 aromatic rings. The number of fused-ring (bicyclic) bond motifs is 3. The monoisotopic (exact) mass is 497 g/mol. The van der Waals surface area contributed by atoms with Crippen molar-refractivity contribution in [3.63, 3.8) is 0 Å². The SMILES string of the molecule is C=C1CCC2OC2CC(C(O)/C=C/C2CC=CCC2)OC(=O)/C=C\CC2(N)C=CCC(CC(C)C1)O2. The van der Waals surface area contributed by atoms with E-state index in [9.17, 15) is 9.90 Å². The van der Waals surface area contributed by atoms with E-state index in [1.807, 2.05) is 6.08 Å². The Hall–Kier alpha value is -1.99. The molecule has 4 aliphatic rings. The second-order valence-electron chi connectivity index (χ2n) is 11.1. The van der Waals surface area contributed by atoms with Gasteiger partial charge in [-0.2, -0.15) is 0 Å². The summed E-state index contributed by atoms with van der Waals surface area (Å²) >= 11 is 0. The van der Waals surface area contributed by atoms with Gasteiger partial charge in [-0.15, -0.1) is 0 Å². The highest BCUT2D eigenvalue weighted by Crippen LogP contribution is 2.35. The topological polar surface area (TPSA) is 94.3 Å². The molecule has 1 aliphatic carbocycles. The maximum absolute atomic E-state index is 12.7. The lowest BCUT2D eigenvalue weighted by Gasteiger charge is -2.35. The van der Waals surface area contributed by atoms with Crippen LogP contribution in [0.1, 0.15) is 71.1 Å². The van der Waals surface area contributed by atoms with E-state index >= 15 is 0 Å². The molecule has 8 unspecified atom stereocenters. The molecule has 3 aliphatic heterocycles. The minimum absolute atomic E-state index is 0.0123. The van der Waals surface area contributed by atoms with Crippen LogP contribution >= 0.6 is 0 Å². The van der Waals surface area contributed by atoms with E-state index < -0.39 is 23.9 Å². The van der Waals surface area contributed by atoms with E-state index in [-0.39, 0.29) is 18.3 Å². The number of carbonyl (C=O) groups excluding carboxylic acids is 1. The van der Waals surface area contributed by atoms with Crippen molar-refractivity contribution in [1.29, 1.82) is 0 Å². The second-order valence-corrected chi connectivity index (χ2v) is 11.1. The van der Waals surface area contributed by atoms with Gasteiger partial charge >= 0.3 is 5.97 Å². The lowest BCUT2D eigenvalue weighted by atomic mass is 9.91. The molecule has 6 nitrogen and oxygen atoms in total. The summed E-state index contributed by atoms with van der Waals surface area (Å²) in [5, 5.41) is 10.9. The molecule has 6 heteroatoms. The molecular formula is C30H43NO5. The Labute approximate surface area is 215 Å². The normalized spacial score (nSPS) is 40.1. The summed E-state index contributed by atoms with van der Waals surface area (Å²) in [6.45, 7) is 6.53. The predicted octanol–water partition coefficient (Wildman–Crippen LogP) is 5.04. The van der Waals surface area contributed by atoms with Gasteiger partial charge in [-0.05, 0) is 69.3 Å². The molecule has 198 valence electrons. The van der Waals surface area contributed by atoms with Crippen molar-refractivity contribution in [2.75, 3.05) is 0 Å². The first-order chi connectivity index (χ1) is 17.3. The largest absolute Gasteiger partial charge is 0.456 e. The first-order valence-electron chi connectivity index (χ1n) is 13.6. The summed E-state index contributed by atoms with van der Waals surface area (Å²) in [4.78, 5) is 12.7. The second kappa shape index (κ2) is 12.5. The third-order valence-electron chi connectivity index (χ3n) is 7.65. The minimum atomic E-state index is -0.937. The number of epoxide rings is 1. The smallest absolute Gasteiger partial charge is 0.330 e. The van der Waals surface area contributed by atoms with Crippen LogP contribution in [0.5, 0.6) is 0 Å². The van der Waals surface area contributed by atoms with E-state index in [0.29, 0.717) is 24.7 Å². The highest BCUT2D eigenvalue weighted by atomic mass is 16.6. The molecule has 1 saturated heterocycles. The molecule has 0 amide bonds. The fourth-order valence-corrected chi connectivity index (χ4v) is 5.59. The summed E-state index contributed by atoms with van der Waals surface area (Å²) in [6.07, 6.45) is 22.3. The van der Waals surface area contributed by atoms with Crippen LogP contribution in [0.2, 0.25) is 0 Å². The van der Waals surface area contributed by atoms with Gasteiger partial charge in [0.15, 0.2) is 0 Å². The zero-order chi connectivity index (χ0) is 25.5. The summed E-state index contributed by atoms with van der Waals surface area (Å²) in [5.41, 5.74) is 6.76. The number of hydrogen-bond acceptors (Lipinski definition) is 6. The van der Waals surface area contributed by atoms with Crippen molar-refractivity contribution >= 4 is 5.97 Å². The van der Waals surface area contributed by atoms with Gasteiger partial charge in [-0.3, -0.25) is 5.73 Å². The Morgan fingerprint density at radius 2 is 2.03 bits per heavy atom. The Bertz CT molecular complexity index is 892. The maximum atomic E-state index is 12.7. The molecule has 4 rings (SSSR count). The van der Waals surface area contributed by atoms with Crippen LogP contribution in [0.3, 0.4) is 0 Å². The molecule has 0 aromatic carbocycles. The highest BCUT2D eigenvalue weighted by molar-refractivity contribution is 5.82. The average Bonchev–Trinajstić information content (AvgIpc) is 3.58. The van der Waals surface area contributed by atoms with Gasteiger partial charge in [-0.1, -0.05) is 55.5 Å².